The van der Waals surface area contributed by atoms with Crippen LogP contribution < -0.4 is 10.4 Å². The number of unbranched alkanes of at least 4 members (excludes halogenated alkanes) is 1. The third-order valence-electron chi connectivity index (χ3n) is 5.26. The van der Waals surface area contributed by atoms with Crippen molar-refractivity contribution in [3.05, 3.63) is 76.5 Å². The number of aryl methyl sites for hydroxylation is 1. The summed E-state index contributed by atoms with van der Waals surface area (Å²) < 4.78 is 8.57. The molecule has 0 aliphatic carbocycles. The second kappa shape index (κ2) is 9.25. The minimum absolute atomic E-state index is 0.0163. The Morgan fingerprint density at radius 3 is 2.35 bits per heavy atom. The predicted octanol–water partition coefficient (Wildman–Crippen LogP) is 5.52. The summed E-state index contributed by atoms with van der Waals surface area (Å²) in [6.45, 7) is 9.68. The van der Waals surface area contributed by atoms with Crippen molar-refractivity contribution in [2.24, 2.45) is 0 Å². The molecule has 0 aliphatic heterocycles. The lowest BCUT2D eigenvalue weighted by molar-refractivity contribution is 0.144. The van der Waals surface area contributed by atoms with Gasteiger partial charge in [0.25, 0.3) is 0 Å². The highest BCUT2D eigenvalue weighted by atomic mass is 16.7. The van der Waals surface area contributed by atoms with E-state index in [1.165, 1.54) is 0 Å². The van der Waals surface area contributed by atoms with Gasteiger partial charge in [0.2, 0.25) is 0 Å². The lowest BCUT2D eigenvalue weighted by Gasteiger charge is -2.20. The molecular formula is C25H30N2O4. The Balaban J connectivity index is 1.91. The van der Waals surface area contributed by atoms with E-state index < -0.39 is 6.16 Å². The van der Waals surface area contributed by atoms with Crippen LogP contribution in [-0.2, 0) is 18.5 Å². The zero-order valence-electron chi connectivity index (χ0n) is 18.6. The first-order valence-electron chi connectivity index (χ1n) is 10.6. The van der Waals surface area contributed by atoms with Gasteiger partial charge in [-0.15, -0.1) is 0 Å². The van der Waals surface area contributed by atoms with Gasteiger partial charge >= 0.3 is 11.8 Å². The number of rotatable bonds is 7. The number of aromatic nitrogens is 2. The third-order valence-corrected chi connectivity index (χ3v) is 5.26. The summed E-state index contributed by atoms with van der Waals surface area (Å²) in [5.41, 5.74) is 3.44. The van der Waals surface area contributed by atoms with Gasteiger partial charge in [-0.1, -0.05) is 76.6 Å². The van der Waals surface area contributed by atoms with Gasteiger partial charge in [-0.3, -0.25) is 9.13 Å². The molecule has 0 fully saturated rings. The second-order valence-electron chi connectivity index (χ2n) is 8.74. The number of ether oxygens (including phenoxy) is 1. The van der Waals surface area contributed by atoms with Crippen LogP contribution in [0.15, 0.2) is 59.5 Å². The monoisotopic (exact) mass is 422 g/mol. The molecule has 2 aromatic carbocycles. The fourth-order valence-corrected chi connectivity index (χ4v) is 3.63. The summed E-state index contributed by atoms with van der Waals surface area (Å²) in [4.78, 5) is 24.0. The van der Waals surface area contributed by atoms with E-state index >= 15 is 0 Å². The van der Waals surface area contributed by atoms with Crippen LogP contribution in [0.1, 0.15) is 51.8 Å². The maximum absolute atomic E-state index is 13.0. The van der Waals surface area contributed by atoms with Crippen molar-refractivity contribution in [2.45, 2.75) is 59.0 Å². The van der Waals surface area contributed by atoms with Gasteiger partial charge in [0.15, 0.2) is 0 Å². The van der Waals surface area contributed by atoms with Gasteiger partial charge in [-0.25, -0.2) is 9.59 Å². The first-order valence-corrected chi connectivity index (χ1v) is 10.6. The SMILES string of the molecule is CCCCn1cc(C(C)(C)C)n(Cc2ccc(-c3ccccc3OC(=O)O)cc2)c1=O. The average Bonchev–Trinajstić information content (AvgIpc) is 3.03. The van der Waals surface area contributed by atoms with Gasteiger partial charge in [-0.2, -0.15) is 0 Å². The molecule has 0 bridgehead atoms. The van der Waals surface area contributed by atoms with E-state index in [9.17, 15) is 9.59 Å². The zero-order valence-corrected chi connectivity index (χ0v) is 18.6. The molecule has 1 N–H and O–H groups in total. The number of para-hydroxylation sites is 1. The molecule has 0 amide bonds. The number of carbonyl (C=O) groups is 1. The number of carboxylic acid groups (broad SMARTS) is 1. The molecule has 31 heavy (non-hydrogen) atoms. The molecule has 3 aromatic rings. The van der Waals surface area contributed by atoms with Crippen molar-refractivity contribution in [3.63, 3.8) is 0 Å². The van der Waals surface area contributed by atoms with Gasteiger partial charge < -0.3 is 9.84 Å². The summed E-state index contributed by atoms with van der Waals surface area (Å²) in [6, 6.07) is 14.8. The smallest absolute Gasteiger partial charge is 0.449 e. The number of imidazole rings is 1. The van der Waals surface area contributed by atoms with Crippen LogP contribution in [0.5, 0.6) is 5.75 Å². The van der Waals surface area contributed by atoms with E-state index in [0.29, 0.717) is 17.9 Å². The van der Waals surface area contributed by atoms with Crippen molar-refractivity contribution in [2.75, 3.05) is 0 Å². The number of hydrogen-bond donors (Lipinski definition) is 1. The van der Waals surface area contributed by atoms with Crippen LogP contribution in [0.2, 0.25) is 0 Å². The topological polar surface area (TPSA) is 73.5 Å². The Morgan fingerprint density at radius 2 is 1.74 bits per heavy atom. The fraction of sp³-hybridized carbons (Fsp3) is 0.360. The average molecular weight is 423 g/mol. The molecular weight excluding hydrogens is 392 g/mol. The van der Waals surface area contributed by atoms with Crippen LogP contribution in [0, 0.1) is 0 Å². The van der Waals surface area contributed by atoms with E-state index in [4.69, 9.17) is 9.84 Å². The summed E-state index contributed by atoms with van der Waals surface area (Å²) in [5, 5.41) is 8.96. The molecule has 1 heterocycles. The van der Waals surface area contributed by atoms with Gasteiger partial charge in [0.05, 0.1) is 6.54 Å². The van der Waals surface area contributed by atoms with E-state index in [1.54, 1.807) is 12.1 Å². The van der Waals surface area contributed by atoms with Crippen molar-refractivity contribution in [1.82, 2.24) is 9.13 Å². The second-order valence-corrected chi connectivity index (χ2v) is 8.74. The van der Waals surface area contributed by atoms with E-state index in [-0.39, 0.29) is 11.1 Å². The molecule has 0 spiro atoms. The number of nitrogens with zero attached hydrogens (tertiary/aromatic N) is 2. The van der Waals surface area contributed by atoms with E-state index in [2.05, 4.69) is 27.7 Å². The van der Waals surface area contributed by atoms with Crippen LogP contribution >= 0.6 is 0 Å². The normalized spacial score (nSPS) is 11.5. The summed E-state index contributed by atoms with van der Waals surface area (Å²) in [5.74, 6) is 0.294. The highest BCUT2D eigenvalue weighted by Crippen LogP contribution is 2.30. The maximum Gasteiger partial charge on any atom is 0.511 e. The van der Waals surface area contributed by atoms with Crippen molar-refractivity contribution in [3.8, 4) is 16.9 Å². The van der Waals surface area contributed by atoms with Crippen molar-refractivity contribution >= 4 is 6.16 Å². The fourth-order valence-electron chi connectivity index (χ4n) is 3.63. The highest BCUT2D eigenvalue weighted by molar-refractivity contribution is 5.74. The standard InChI is InChI=1S/C25H30N2O4/c1-5-6-15-26-17-22(25(2,3)4)27(23(26)28)16-18-11-13-19(14-12-18)20-9-7-8-10-21(20)31-24(29)30/h7-14,17H,5-6,15-16H2,1-4H3,(H,29,30). The Labute approximate surface area is 182 Å². The first kappa shape index (κ1) is 22.4. The van der Waals surface area contributed by atoms with Crippen LogP contribution in [0.3, 0.4) is 0 Å². The molecule has 1 aromatic heterocycles. The molecule has 0 saturated heterocycles. The minimum Gasteiger partial charge on any atom is -0.449 e. The molecule has 0 atom stereocenters. The summed E-state index contributed by atoms with van der Waals surface area (Å²) in [7, 11) is 0. The predicted molar refractivity (Wildman–Crippen MR) is 122 cm³/mol. The van der Waals surface area contributed by atoms with Crippen LogP contribution in [-0.4, -0.2) is 20.4 Å². The molecule has 3 rings (SSSR count). The molecule has 0 radical (unpaired) electrons. The molecule has 164 valence electrons. The zero-order chi connectivity index (χ0) is 22.6. The van der Waals surface area contributed by atoms with E-state index in [0.717, 1.165) is 36.2 Å². The lowest BCUT2D eigenvalue weighted by Crippen LogP contribution is -2.28. The Hall–Kier alpha value is -3.28. The number of hydrogen-bond acceptors (Lipinski definition) is 3. The first-order chi connectivity index (χ1) is 14.7. The highest BCUT2D eigenvalue weighted by Gasteiger charge is 2.22. The van der Waals surface area contributed by atoms with E-state index in [1.807, 2.05) is 51.7 Å². The van der Waals surface area contributed by atoms with Gasteiger partial charge in [0.1, 0.15) is 5.75 Å². The van der Waals surface area contributed by atoms with Crippen LogP contribution in [0.4, 0.5) is 4.79 Å². The van der Waals surface area contributed by atoms with Crippen molar-refractivity contribution < 1.29 is 14.6 Å². The Morgan fingerprint density at radius 1 is 1.06 bits per heavy atom. The van der Waals surface area contributed by atoms with Gasteiger partial charge in [0, 0.05) is 29.4 Å². The summed E-state index contributed by atoms with van der Waals surface area (Å²) >= 11 is 0. The van der Waals surface area contributed by atoms with Gasteiger partial charge in [-0.05, 0) is 23.6 Å². The number of benzene rings is 2. The van der Waals surface area contributed by atoms with Crippen molar-refractivity contribution in [1.29, 1.82) is 0 Å². The molecule has 0 saturated carbocycles. The minimum atomic E-state index is -1.34. The Kier molecular flexibility index (Phi) is 6.68. The lowest BCUT2D eigenvalue weighted by atomic mass is 9.92. The maximum atomic E-state index is 13.0. The van der Waals surface area contributed by atoms with Crippen LogP contribution in [0.25, 0.3) is 11.1 Å². The summed E-state index contributed by atoms with van der Waals surface area (Å²) in [6.07, 6.45) is 2.66. The molecule has 6 heteroatoms. The Bertz CT molecular complexity index is 1100. The third kappa shape index (κ3) is 5.26. The quantitative estimate of drug-likeness (QED) is 0.402. The molecule has 0 unspecified atom stereocenters. The largest absolute Gasteiger partial charge is 0.511 e. The molecule has 6 nitrogen and oxygen atoms in total. The molecule has 0 aliphatic rings.